The molecule has 164 valence electrons. The number of ketones is 1. The van der Waals surface area contributed by atoms with Crippen molar-refractivity contribution in [3.63, 3.8) is 0 Å². The second-order valence-electron chi connectivity index (χ2n) is 7.48. The molecule has 2 amide bonds. The monoisotopic (exact) mass is 426 g/mol. The molecule has 1 aliphatic heterocycles. The third-order valence-corrected chi connectivity index (χ3v) is 5.21. The van der Waals surface area contributed by atoms with Gasteiger partial charge in [0.25, 0.3) is 5.91 Å². The quantitative estimate of drug-likeness (QED) is 0.606. The summed E-state index contributed by atoms with van der Waals surface area (Å²) in [7, 11) is 0. The van der Waals surface area contributed by atoms with Crippen LogP contribution in [0.5, 0.6) is 5.75 Å². The number of carbonyl (C=O) groups is 3. The summed E-state index contributed by atoms with van der Waals surface area (Å²) in [5, 5.41) is 0. The number of hydrogen-bond donors (Lipinski definition) is 0. The number of halogens is 1. The van der Waals surface area contributed by atoms with Gasteiger partial charge in [-0.2, -0.15) is 0 Å². The molecule has 0 aliphatic carbocycles. The Morgan fingerprint density at radius 1 is 0.903 bits per heavy atom. The number of amides is 2. The molecule has 2 aromatic rings. The first kappa shape index (κ1) is 22.5. The third kappa shape index (κ3) is 6.13. The first-order chi connectivity index (χ1) is 15.0. The molecule has 7 heteroatoms. The Hall–Kier alpha value is -3.22. The van der Waals surface area contributed by atoms with Gasteiger partial charge in [0.1, 0.15) is 11.6 Å². The van der Waals surface area contributed by atoms with Crippen LogP contribution in [0.15, 0.2) is 48.5 Å². The van der Waals surface area contributed by atoms with Crippen LogP contribution in [0.2, 0.25) is 0 Å². The van der Waals surface area contributed by atoms with Gasteiger partial charge in [0.2, 0.25) is 5.91 Å². The SMILES string of the molecule is CCCOc1ccc(C(=O)CCC(=O)N2CCN(C(=O)c3cccc(F)c3)CC2)cc1. The molecular weight excluding hydrogens is 399 g/mol. The lowest BCUT2D eigenvalue weighted by Gasteiger charge is -2.35. The largest absolute Gasteiger partial charge is 0.494 e. The van der Waals surface area contributed by atoms with Crippen LogP contribution in [0, 0.1) is 5.82 Å². The van der Waals surface area contributed by atoms with E-state index >= 15 is 0 Å². The fourth-order valence-corrected chi connectivity index (χ4v) is 3.44. The maximum Gasteiger partial charge on any atom is 0.254 e. The highest BCUT2D eigenvalue weighted by Gasteiger charge is 2.25. The van der Waals surface area contributed by atoms with Gasteiger partial charge < -0.3 is 14.5 Å². The predicted octanol–water partition coefficient (Wildman–Crippen LogP) is 3.56. The van der Waals surface area contributed by atoms with E-state index in [4.69, 9.17) is 4.74 Å². The number of rotatable bonds is 8. The fraction of sp³-hybridized carbons (Fsp3) is 0.375. The van der Waals surface area contributed by atoms with Crippen molar-refractivity contribution in [3.8, 4) is 5.75 Å². The zero-order valence-electron chi connectivity index (χ0n) is 17.7. The van der Waals surface area contributed by atoms with E-state index in [0.717, 1.165) is 12.2 Å². The molecule has 3 rings (SSSR count). The lowest BCUT2D eigenvalue weighted by Crippen LogP contribution is -2.50. The van der Waals surface area contributed by atoms with Crippen LogP contribution in [-0.2, 0) is 4.79 Å². The highest BCUT2D eigenvalue weighted by atomic mass is 19.1. The lowest BCUT2D eigenvalue weighted by molar-refractivity contribution is -0.132. The van der Waals surface area contributed by atoms with E-state index in [0.29, 0.717) is 43.9 Å². The maximum absolute atomic E-state index is 13.3. The summed E-state index contributed by atoms with van der Waals surface area (Å²) in [5.41, 5.74) is 0.860. The van der Waals surface area contributed by atoms with Gasteiger partial charge in [0, 0.05) is 50.1 Å². The molecule has 0 atom stereocenters. The third-order valence-electron chi connectivity index (χ3n) is 5.21. The first-order valence-corrected chi connectivity index (χ1v) is 10.6. The highest BCUT2D eigenvalue weighted by Crippen LogP contribution is 2.16. The molecule has 2 aromatic carbocycles. The average Bonchev–Trinajstić information content (AvgIpc) is 2.81. The fourth-order valence-electron chi connectivity index (χ4n) is 3.44. The normalized spacial score (nSPS) is 13.7. The van der Waals surface area contributed by atoms with Gasteiger partial charge in [-0.1, -0.05) is 13.0 Å². The van der Waals surface area contributed by atoms with Gasteiger partial charge in [0.15, 0.2) is 5.78 Å². The van der Waals surface area contributed by atoms with Crippen molar-refractivity contribution in [2.24, 2.45) is 0 Å². The van der Waals surface area contributed by atoms with E-state index in [1.165, 1.54) is 18.2 Å². The Balaban J connectivity index is 1.44. The summed E-state index contributed by atoms with van der Waals surface area (Å²) < 4.78 is 18.9. The topological polar surface area (TPSA) is 66.9 Å². The van der Waals surface area contributed by atoms with Crippen LogP contribution in [0.4, 0.5) is 4.39 Å². The molecule has 0 unspecified atom stereocenters. The van der Waals surface area contributed by atoms with Crippen LogP contribution in [0.3, 0.4) is 0 Å². The molecule has 0 saturated carbocycles. The van der Waals surface area contributed by atoms with Crippen molar-refractivity contribution >= 4 is 17.6 Å². The molecule has 0 spiro atoms. The molecule has 0 aromatic heterocycles. The Bertz CT molecular complexity index is 921. The predicted molar refractivity (Wildman–Crippen MR) is 115 cm³/mol. The zero-order valence-corrected chi connectivity index (χ0v) is 17.7. The molecule has 0 bridgehead atoms. The second kappa shape index (κ2) is 10.7. The Morgan fingerprint density at radius 3 is 2.23 bits per heavy atom. The minimum Gasteiger partial charge on any atom is -0.494 e. The summed E-state index contributed by atoms with van der Waals surface area (Å²) in [6, 6.07) is 12.6. The van der Waals surface area contributed by atoms with Crippen molar-refractivity contribution in [3.05, 3.63) is 65.5 Å². The van der Waals surface area contributed by atoms with Gasteiger partial charge in [0.05, 0.1) is 6.61 Å². The Labute approximate surface area is 181 Å². The molecule has 1 saturated heterocycles. The number of benzene rings is 2. The standard InChI is InChI=1S/C24H27FN2O4/c1-2-16-31-21-8-6-18(7-9-21)22(28)10-11-23(29)26-12-14-27(15-13-26)24(30)19-4-3-5-20(25)17-19/h3-9,17H,2,10-16H2,1H3. The lowest BCUT2D eigenvalue weighted by atomic mass is 10.1. The molecule has 1 aliphatic rings. The molecule has 1 heterocycles. The van der Waals surface area contributed by atoms with Crippen molar-refractivity contribution in [1.82, 2.24) is 9.80 Å². The number of nitrogens with zero attached hydrogens (tertiary/aromatic N) is 2. The number of piperazine rings is 1. The molecule has 31 heavy (non-hydrogen) atoms. The van der Waals surface area contributed by atoms with E-state index in [9.17, 15) is 18.8 Å². The summed E-state index contributed by atoms with van der Waals surface area (Å²) in [4.78, 5) is 40.7. The van der Waals surface area contributed by atoms with Crippen LogP contribution in [0.1, 0.15) is 46.9 Å². The van der Waals surface area contributed by atoms with Crippen molar-refractivity contribution in [2.45, 2.75) is 26.2 Å². The zero-order chi connectivity index (χ0) is 22.2. The molecule has 6 nitrogen and oxygen atoms in total. The van der Waals surface area contributed by atoms with Gasteiger partial charge in [-0.25, -0.2) is 4.39 Å². The minimum absolute atomic E-state index is 0.0877. The van der Waals surface area contributed by atoms with E-state index in [1.807, 2.05) is 6.92 Å². The van der Waals surface area contributed by atoms with E-state index < -0.39 is 5.82 Å². The van der Waals surface area contributed by atoms with Gasteiger partial charge in [-0.3, -0.25) is 14.4 Å². The summed E-state index contributed by atoms with van der Waals surface area (Å²) in [6.07, 6.45) is 1.18. The molecular formula is C24H27FN2O4. The van der Waals surface area contributed by atoms with E-state index in [-0.39, 0.29) is 30.4 Å². The summed E-state index contributed by atoms with van der Waals surface area (Å²) >= 11 is 0. The smallest absolute Gasteiger partial charge is 0.254 e. The maximum atomic E-state index is 13.3. The van der Waals surface area contributed by atoms with Crippen LogP contribution in [0.25, 0.3) is 0 Å². The highest BCUT2D eigenvalue weighted by molar-refractivity contribution is 5.98. The van der Waals surface area contributed by atoms with Crippen LogP contribution < -0.4 is 4.74 Å². The summed E-state index contributed by atoms with van der Waals surface area (Å²) in [6.45, 7) is 4.22. The molecule has 1 fully saturated rings. The number of ether oxygens (including phenoxy) is 1. The van der Waals surface area contributed by atoms with Crippen molar-refractivity contribution in [1.29, 1.82) is 0 Å². The Morgan fingerprint density at radius 2 is 1.58 bits per heavy atom. The van der Waals surface area contributed by atoms with E-state index in [2.05, 4.69) is 0 Å². The number of hydrogen-bond acceptors (Lipinski definition) is 4. The molecule has 0 N–H and O–H groups in total. The Kier molecular flexibility index (Phi) is 7.76. The summed E-state index contributed by atoms with van der Waals surface area (Å²) in [5.74, 6) is -0.162. The number of Topliss-reactive ketones (excluding diaryl/α,β-unsaturated/α-hetero) is 1. The van der Waals surface area contributed by atoms with Gasteiger partial charge in [-0.05, 0) is 48.9 Å². The first-order valence-electron chi connectivity index (χ1n) is 10.6. The molecule has 0 radical (unpaired) electrons. The minimum atomic E-state index is -0.451. The second-order valence-corrected chi connectivity index (χ2v) is 7.48. The van der Waals surface area contributed by atoms with Crippen LogP contribution >= 0.6 is 0 Å². The van der Waals surface area contributed by atoms with Crippen LogP contribution in [-0.4, -0.2) is 60.2 Å². The number of carbonyl (C=O) groups excluding carboxylic acids is 3. The van der Waals surface area contributed by atoms with Gasteiger partial charge >= 0.3 is 0 Å². The van der Waals surface area contributed by atoms with E-state index in [1.54, 1.807) is 40.1 Å². The average molecular weight is 426 g/mol. The van der Waals surface area contributed by atoms with Crippen molar-refractivity contribution in [2.75, 3.05) is 32.8 Å². The van der Waals surface area contributed by atoms with Gasteiger partial charge in [-0.15, -0.1) is 0 Å². The van der Waals surface area contributed by atoms with Crippen molar-refractivity contribution < 1.29 is 23.5 Å².